The van der Waals surface area contributed by atoms with E-state index in [4.69, 9.17) is 26.8 Å². The van der Waals surface area contributed by atoms with Crippen molar-refractivity contribution in [2.24, 2.45) is 5.73 Å². The average Bonchev–Trinajstić information content (AvgIpc) is 2.49. The van der Waals surface area contributed by atoms with Crippen molar-refractivity contribution < 1.29 is 13.9 Å². The lowest BCUT2D eigenvalue weighted by atomic mass is 10.1. The SMILES string of the molecule is COc1ccc(OCc2ccc(Cl)c(F)c2)c(CCN)c1. The van der Waals surface area contributed by atoms with Crippen molar-refractivity contribution in [1.29, 1.82) is 0 Å². The summed E-state index contributed by atoms with van der Waals surface area (Å²) < 4.78 is 24.3. The van der Waals surface area contributed by atoms with Gasteiger partial charge in [0.25, 0.3) is 0 Å². The van der Waals surface area contributed by atoms with Crippen LogP contribution in [0.1, 0.15) is 11.1 Å². The Balaban J connectivity index is 2.13. The molecule has 0 aliphatic carbocycles. The Bertz CT molecular complexity index is 619. The van der Waals surface area contributed by atoms with E-state index in [0.717, 1.165) is 17.1 Å². The van der Waals surface area contributed by atoms with E-state index in [1.54, 1.807) is 13.2 Å². The Morgan fingerprint density at radius 2 is 2.00 bits per heavy atom. The second-order valence-corrected chi connectivity index (χ2v) is 4.96. The van der Waals surface area contributed by atoms with Crippen molar-refractivity contribution >= 4 is 11.6 Å². The Labute approximate surface area is 128 Å². The fourth-order valence-corrected chi connectivity index (χ4v) is 2.08. The molecule has 0 radical (unpaired) electrons. The Morgan fingerprint density at radius 3 is 2.67 bits per heavy atom. The molecule has 0 saturated heterocycles. The highest BCUT2D eigenvalue weighted by atomic mass is 35.5. The largest absolute Gasteiger partial charge is 0.497 e. The minimum Gasteiger partial charge on any atom is -0.497 e. The standard InChI is InChI=1S/C16H17ClFNO2/c1-20-13-3-5-16(12(9-13)6-7-19)21-10-11-2-4-14(17)15(18)8-11/h2-5,8-9H,6-7,10,19H2,1H3. The molecule has 2 aromatic rings. The van der Waals surface area contributed by atoms with Crippen LogP contribution in [-0.2, 0) is 13.0 Å². The first kappa shape index (κ1) is 15.6. The Kier molecular flexibility index (Phi) is 5.42. The molecule has 5 heteroatoms. The number of rotatable bonds is 6. The van der Waals surface area contributed by atoms with E-state index in [0.29, 0.717) is 18.5 Å². The average molecular weight is 310 g/mol. The molecule has 0 amide bonds. The third-order valence-electron chi connectivity index (χ3n) is 3.06. The number of benzene rings is 2. The second-order valence-electron chi connectivity index (χ2n) is 4.55. The predicted molar refractivity (Wildman–Crippen MR) is 81.5 cm³/mol. The van der Waals surface area contributed by atoms with E-state index in [1.165, 1.54) is 12.1 Å². The van der Waals surface area contributed by atoms with E-state index in [-0.39, 0.29) is 11.6 Å². The summed E-state index contributed by atoms with van der Waals surface area (Å²) in [5.74, 6) is 1.02. The zero-order valence-corrected chi connectivity index (χ0v) is 12.5. The summed E-state index contributed by atoms with van der Waals surface area (Å²) in [6.07, 6.45) is 0.682. The van der Waals surface area contributed by atoms with Gasteiger partial charge < -0.3 is 15.2 Å². The summed E-state index contributed by atoms with van der Waals surface area (Å²) in [4.78, 5) is 0. The number of hydrogen-bond donors (Lipinski definition) is 1. The molecule has 0 fully saturated rings. The van der Waals surface area contributed by atoms with Crippen molar-refractivity contribution in [2.45, 2.75) is 13.0 Å². The zero-order valence-electron chi connectivity index (χ0n) is 11.7. The third-order valence-corrected chi connectivity index (χ3v) is 3.37. The van der Waals surface area contributed by atoms with E-state index in [1.807, 2.05) is 18.2 Å². The lowest BCUT2D eigenvalue weighted by Crippen LogP contribution is -2.06. The van der Waals surface area contributed by atoms with E-state index in [2.05, 4.69) is 0 Å². The number of nitrogens with two attached hydrogens (primary N) is 1. The number of methoxy groups -OCH3 is 1. The fourth-order valence-electron chi connectivity index (χ4n) is 1.96. The topological polar surface area (TPSA) is 44.5 Å². The highest BCUT2D eigenvalue weighted by molar-refractivity contribution is 6.30. The van der Waals surface area contributed by atoms with Crippen LogP contribution in [0.5, 0.6) is 11.5 Å². The van der Waals surface area contributed by atoms with E-state index < -0.39 is 5.82 Å². The summed E-state index contributed by atoms with van der Waals surface area (Å²) in [5.41, 5.74) is 7.28. The van der Waals surface area contributed by atoms with Crippen LogP contribution < -0.4 is 15.2 Å². The van der Waals surface area contributed by atoms with Gasteiger partial charge in [0.15, 0.2) is 0 Å². The maximum absolute atomic E-state index is 13.4. The second kappa shape index (κ2) is 7.29. The fraction of sp³-hybridized carbons (Fsp3) is 0.250. The van der Waals surface area contributed by atoms with Crippen LogP contribution in [0, 0.1) is 5.82 Å². The monoisotopic (exact) mass is 309 g/mol. The van der Waals surface area contributed by atoms with Gasteiger partial charge in [0.05, 0.1) is 12.1 Å². The molecule has 0 atom stereocenters. The van der Waals surface area contributed by atoms with Crippen LogP contribution >= 0.6 is 11.6 Å². The van der Waals surface area contributed by atoms with Gasteiger partial charge in [-0.3, -0.25) is 0 Å². The van der Waals surface area contributed by atoms with E-state index >= 15 is 0 Å². The van der Waals surface area contributed by atoms with Crippen molar-refractivity contribution in [3.8, 4) is 11.5 Å². The first-order valence-electron chi connectivity index (χ1n) is 6.57. The third kappa shape index (κ3) is 4.09. The predicted octanol–water partition coefficient (Wildman–Crippen LogP) is 3.57. The van der Waals surface area contributed by atoms with Crippen molar-refractivity contribution in [2.75, 3.05) is 13.7 Å². The molecule has 2 aromatic carbocycles. The summed E-state index contributed by atoms with van der Waals surface area (Å²) in [7, 11) is 1.61. The number of ether oxygens (including phenoxy) is 2. The Morgan fingerprint density at radius 1 is 1.19 bits per heavy atom. The molecule has 0 aromatic heterocycles. The summed E-state index contributed by atoms with van der Waals surface area (Å²) in [5, 5.41) is 0.104. The van der Waals surface area contributed by atoms with Gasteiger partial charge in [-0.1, -0.05) is 17.7 Å². The van der Waals surface area contributed by atoms with Gasteiger partial charge in [0.2, 0.25) is 0 Å². The minimum absolute atomic E-state index is 0.104. The van der Waals surface area contributed by atoms with Gasteiger partial charge in [-0.05, 0) is 54.4 Å². The molecule has 112 valence electrons. The quantitative estimate of drug-likeness (QED) is 0.887. The van der Waals surface area contributed by atoms with Crippen molar-refractivity contribution in [1.82, 2.24) is 0 Å². The normalized spacial score (nSPS) is 10.5. The Hall–Kier alpha value is -1.78. The molecule has 0 unspecified atom stereocenters. The lowest BCUT2D eigenvalue weighted by molar-refractivity contribution is 0.301. The summed E-state index contributed by atoms with van der Waals surface area (Å²) >= 11 is 5.65. The van der Waals surface area contributed by atoms with Gasteiger partial charge in [-0.2, -0.15) is 0 Å². The van der Waals surface area contributed by atoms with Crippen LogP contribution in [0.25, 0.3) is 0 Å². The highest BCUT2D eigenvalue weighted by Crippen LogP contribution is 2.25. The molecule has 0 spiro atoms. The first-order chi connectivity index (χ1) is 10.1. The first-order valence-corrected chi connectivity index (χ1v) is 6.95. The van der Waals surface area contributed by atoms with Crippen LogP contribution in [0.4, 0.5) is 4.39 Å². The van der Waals surface area contributed by atoms with Crippen LogP contribution in [0.2, 0.25) is 5.02 Å². The smallest absolute Gasteiger partial charge is 0.142 e. The van der Waals surface area contributed by atoms with Crippen LogP contribution in [-0.4, -0.2) is 13.7 Å². The molecule has 2 N–H and O–H groups in total. The number of halogens is 2. The molecule has 0 saturated carbocycles. The van der Waals surface area contributed by atoms with Gasteiger partial charge in [-0.25, -0.2) is 4.39 Å². The van der Waals surface area contributed by atoms with Gasteiger partial charge in [-0.15, -0.1) is 0 Å². The van der Waals surface area contributed by atoms with Gasteiger partial charge in [0, 0.05) is 0 Å². The molecule has 0 aliphatic rings. The highest BCUT2D eigenvalue weighted by Gasteiger charge is 2.07. The minimum atomic E-state index is -0.449. The summed E-state index contributed by atoms with van der Waals surface area (Å²) in [6, 6.07) is 10.2. The molecule has 21 heavy (non-hydrogen) atoms. The van der Waals surface area contributed by atoms with Crippen LogP contribution in [0.15, 0.2) is 36.4 Å². The molecule has 0 aliphatic heterocycles. The molecular formula is C16H17ClFNO2. The number of hydrogen-bond acceptors (Lipinski definition) is 3. The molecular weight excluding hydrogens is 293 g/mol. The van der Waals surface area contributed by atoms with Gasteiger partial charge in [0.1, 0.15) is 23.9 Å². The van der Waals surface area contributed by atoms with Crippen molar-refractivity contribution in [3.63, 3.8) is 0 Å². The van der Waals surface area contributed by atoms with Crippen LogP contribution in [0.3, 0.4) is 0 Å². The van der Waals surface area contributed by atoms with E-state index in [9.17, 15) is 4.39 Å². The maximum Gasteiger partial charge on any atom is 0.142 e. The van der Waals surface area contributed by atoms with Gasteiger partial charge >= 0.3 is 0 Å². The zero-order chi connectivity index (χ0) is 15.2. The molecule has 0 bridgehead atoms. The molecule has 2 rings (SSSR count). The molecule has 3 nitrogen and oxygen atoms in total. The summed E-state index contributed by atoms with van der Waals surface area (Å²) in [6.45, 7) is 0.775. The van der Waals surface area contributed by atoms with Crippen molar-refractivity contribution in [3.05, 3.63) is 58.4 Å². The molecule has 0 heterocycles. The lowest BCUT2D eigenvalue weighted by Gasteiger charge is -2.13. The maximum atomic E-state index is 13.4.